The summed E-state index contributed by atoms with van der Waals surface area (Å²) in [4.78, 5) is 8.60. The first-order valence-electron chi connectivity index (χ1n) is 5.05. The van der Waals surface area contributed by atoms with Crippen LogP contribution in [0.1, 0.15) is 12.8 Å². The summed E-state index contributed by atoms with van der Waals surface area (Å²) in [5.41, 5.74) is -1.78. The standard InChI is InChI=1S/C10H8F3N3S/c11-10(12,13)9(2-3-9)16-7-6-1-4-17-8(6)15-5-14-7/h1,4-5H,2-3H2,(H,14,15,16). The van der Waals surface area contributed by atoms with Crippen molar-refractivity contribution in [2.24, 2.45) is 0 Å². The number of nitrogens with zero attached hydrogens (tertiary/aromatic N) is 2. The highest BCUT2D eigenvalue weighted by molar-refractivity contribution is 7.16. The second kappa shape index (κ2) is 3.32. The first-order valence-corrected chi connectivity index (χ1v) is 5.93. The molecule has 1 aliphatic rings. The van der Waals surface area contributed by atoms with Crippen LogP contribution in [0.3, 0.4) is 0 Å². The van der Waals surface area contributed by atoms with Gasteiger partial charge >= 0.3 is 6.18 Å². The number of thiophene rings is 1. The SMILES string of the molecule is FC(F)(F)C1(Nc2ncnc3sccc23)CC1. The number of nitrogens with one attached hydrogen (secondary N) is 1. The molecule has 0 saturated heterocycles. The lowest BCUT2D eigenvalue weighted by Gasteiger charge is -2.21. The van der Waals surface area contributed by atoms with Gasteiger partial charge in [-0.05, 0) is 24.3 Å². The molecule has 2 aromatic rings. The van der Waals surface area contributed by atoms with E-state index in [2.05, 4.69) is 15.3 Å². The van der Waals surface area contributed by atoms with Crippen molar-refractivity contribution in [3.05, 3.63) is 17.8 Å². The highest BCUT2D eigenvalue weighted by Crippen LogP contribution is 2.51. The molecular formula is C10H8F3N3S. The molecule has 0 atom stereocenters. The molecule has 2 heterocycles. The third-order valence-electron chi connectivity index (χ3n) is 2.91. The van der Waals surface area contributed by atoms with E-state index in [1.807, 2.05) is 0 Å². The molecule has 3 rings (SSSR count). The predicted molar refractivity (Wildman–Crippen MR) is 59.1 cm³/mol. The van der Waals surface area contributed by atoms with Crippen LogP contribution in [0.2, 0.25) is 0 Å². The lowest BCUT2D eigenvalue weighted by molar-refractivity contribution is -0.151. The molecule has 1 aliphatic carbocycles. The minimum Gasteiger partial charge on any atom is -0.356 e. The molecule has 2 aromatic heterocycles. The zero-order valence-corrected chi connectivity index (χ0v) is 9.40. The van der Waals surface area contributed by atoms with Crippen LogP contribution < -0.4 is 5.32 Å². The summed E-state index contributed by atoms with van der Waals surface area (Å²) in [5.74, 6) is 0.270. The number of rotatable bonds is 2. The van der Waals surface area contributed by atoms with E-state index >= 15 is 0 Å². The zero-order chi connectivity index (χ0) is 12.1. The normalized spacial score (nSPS) is 18.3. The minimum absolute atomic E-state index is 0.103. The fourth-order valence-electron chi connectivity index (χ4n) is 1.72. The fraction of sp³-hybridized carbons (Fsp3) is 0.400. The Morgan fingerprint density at radius 2 is 2.06 bits per heavy atom. The Morgan fingerprint density at radius 3 is 2.71 bits per heavy atom. The number of fused-ring (bicyclic) bond motifs is 1. The molecule has 1 N–H and O–H groups in total. The second-order valence-electron chi connectivity index (χ2n) is 4.07. The van der Waals surface area contributed by atoms with Gasteiger partial charge in [0.2, 0.25) is 0 Å². The predicted octanol–water partition coefficient (Wildman–Crippen LogP) is 3.20. The Hall–Kier alpha value is -1.37. The van der Waals surface area contributed by atoms with E-state index in [1.165, 1.54) is 17.7 Å². The Balaban J connectivity index is 1.98. The van der Waals surface area contributed by atoms with Gasteiger partial charge in [-0.25, -0.2) is 9.97 Å². The quantitative estimate of drug-likeness (QED) is 0.900. The van der Waals surface area contributed by atoms with Crippen LogP contribution in [-0.4, -0.2) is 21.7 Å². The summed E-state index contributed by atoms with van der Waals surface area (Å²) in [6, 6.07) is 1.73. The van der Waals surface area contributed by atoms with Crippen molar-refractivity contribution in [2.75, 3.05) is 5.32 Å². The van der Waals surface area contributed by atoms with E-state index in [9.17, 15) is 13.2 Å². The van der Waals surface area contributed by atoms with Crippen LogP contribution >= 0.6 is 11.3 Å². The van der Waals surface area contributed by atoms with Crippen molar-refractivity contribution in [3.8, 4) is 0 Å². The molecule has 7 heteroatoms. The van der Waals surface area contributed by atoms with E-state index in [-0.39, 0.29) is 18.7 Å². The van der Waals surface area contributed by atoms with Gasteiger partial charge in [0.05, 0.1) is 5.39 Å². The fourth-order valence-corrected chi connectivity index (χ4v) is 2.45. The highest BCUT2D eigenvalue weighted by Gasteiger charge is 2.63. The van der Waals surface area contributed by atoms with Crippen LogP contribution in [-0.2, 0) is 0 Å². The maximum Gasteiger partial charge on any atom is 0.411 e. The topological polar surface area (TPSA) is 37.8 Å². The number of aromatic nitrogens is 2. The van der Waals surface area contributed by atoms with Crippen molar-refractivity contribution < 1.29 is 13.2 Å². The van der Waals surface area contributed by atoms with Gasteiger partial charge < -0.3 is 5.32 Å². The van der Waals surface area contributed by atoms with E-state index in [0.717, 1.165) is 0 Å². The molecule has 0 amide bonds. The van der Waals surface area contributed by atoms with E-state index in [0.29, 0.717) is 10.2 Å². The second-order valence-corrected chi connectivity index (χ2v) is 4.96. The molecule has 1 fully saturated rings. The molecule has 0 aliphatic heterocycles. The van der Waals surface area contributed by atoms with E-state index in [4.69, 9.17) is 0 Å². The summed E-state index contributed by atoms with van der Waals surface area (Å²) in [6.07, 6.45) is -2.74. The van der Waals surface area contributed by atoms with Crippen LogP contribution in [0.4, 0.5) is 19.0 Å². The molecular weight excluding hydrogens is 251 g/mol. The van der Waals surface area contributed by atoms with Gasteiger partial charge in [0.15, 0.2) is 0 Å². The summed E-state index contributed by atoms with van der Waals surface area (Å²) in [5, 5.41) is 4.96. The van der Waals surface area contributed by atoms with Gasteiger partial charge in [-0.1, -0.05) is 0 Å². The maximum atomic E-state index is 12.8. The third-order valence-corrected chi connectivity index (χ3v) is 3.73. The Bertz CT molecular complexity index is 559. The molecule has 0 bridgehead atoms. The first kappa shape index (κ1) is 10.8. The van der Waals surface area contributed by atoms with Gasteiger partial charge in [-0.2, -0.15) is 13.2 Å². The zero-order valence-electron chi connectivity index (χ0n) is 8.58. The third kappa shape index (κ3) is 1.65. The summed E-state index contributed by atoms with van der Waals surface area (Å²) < 4.78 is 38.4. The van der Waals surface area contributed by atoms with Gasteiger partial charge in [-0.15, -0.1) is 11.3 Å². The highest BCUT2D eigenvalue weighted by atomic mass is 32.1. The van der Waals surface area contributed by atoms with Crippen molar-refractivity contribution >= 4 is 27.4 Å². The molecule has 0 spiro atoms. The largest absolute Gasteiger partial charge is 0.411 e. The number of hydrogen-bond acceptors (Lipinski definition) is 4. The minimum atomic E-state index is -4.24. The van der Waals surface area contributed by atoms with Crippen molar-refractivity contribution in [1.29, 1.82) is 0 Å². The number of alkyl halides is 3. The van der Waals surface area contributed by atoms with Crippen LogP contribution in [0, 0.1) is 0 Å². The lowest BCUT2D eigenvalue weighted by atomic mass is 10.2. The van der Waals surface area contributed by atoms with Gasteiger partial charge in [0.25, 0.3) is 0 Å². The maximum absolute atomic E-state index is 12.8. The molecule has 1 saturated carbocycles. The molecule has 90 valence electrons. The number of halogens is 3. The Morgan fingerprint density at radius 1 is 1.29 bits per heavy atom. The Kier molecular flexibility index (Phi) is 2.10. The summed E-state index contributed by atoms with van der Waals surface area (Å²) in [7, 11) is 0. The van der Waals surface area contributed by atoms with Gasteiger partial charge in [-0.3, -0.25) is 0 Å². The molecule has 0 radical (unpaired) electrons. The molecule has 0 unspecified atom stereocenters. The van der Waals surface area contributed by atoms with Crippen LogP contribution in [0.15, 0.2) is 17.8 Å². The monoisotopic (exact) mass is 259 g/mol. The van der Waals surface area contributed by atoms with Crippen molar-refractivity contribution in [1.82, 2.24) is 9.97 Å². The Labute approximate surface area is 98.7 Å². The molecule has 0 aromatic carbocycles. The van der Waals surface area contributed by atoms with Crippen molar-refractivity contribution in [3.63, 3.8) is 0 Å². The van der Waals surface area contributed by atoms with Gasteiger partial charge in [0, 0.05) is 0 Å². The smallest absolute Gasteiger partial charge is 0.356 e. The van der Waals surface area contributed by atoms with E-state index < -0.39 is 11.7 Å². The average molecular weight is 259 g/mol. The number of hydrogen-bond donors (Lipinski definition) is 1. The summed E-state index contributed by atoms with van der Waals surface area (Å²) in [6.45, 7) is 0. The molecule has 3 nitrogen and oxygen atoms in total. The van der Waals surface area contributed by atoms with Gasteiger partial charge in [0.1, 0.15) is 22.5 Å². The van der Waals surface area contributed by atoms with Crippen LogP contribution in [0.5, 0.6) is 0 Å². The first-order chi connectivity index (χ1) is 8.02. The average Bonchev–Trinajstić information content (AvgIpc) is 2.89. The number of anilines is 1. The van der Waals surface area contributed by atoms with Crippen molar-refractivity contribution in [2.45, 2.75) is 24.6 Å². The summed E-state index contributed by atoms with van der Waals surface area (Å²) >= 11 is 1.38. The lowest BCUT2D eigenvalue weighted by Crippen LogP contribution is -2.38. The molecule has 17 heavy (non-hydrogen) atoms. The van der Waals surface area contributed by atoms with Crippen LogP contribution in [0.25, 0.3) is 10.2 Å². The van der Waals surface area contributed by atoms with E-state index in [1.54, 1.807) is 11.4 Å².